The second kappa shape index (κ2) is 4.82. The Bertz CT molecular complexity index is 561. The van der Waals surface area contributed by atoms with Gasteiger partial charge < -0.3 is 14.8 Å². The first-order chi connectivity index (χ1) is 8.59. The van der Waals surface area contributed by atoms with E-state index in [9.17, 15) is 9.90 Å². The lowest BCUT2D eigenvalue weighted by Crippen LogP contribution is -2.33. The van der Waals surface area contributed by atoms with Gasteiger partial charge in [0, 0.05) is 30.8 Å². The molecule has 0 aliphatic rings. The van der Waals surface area contributed by atoms with Crippen LogP contribution in [0.15, 0.2) is 30.5 Å². The molecule has 2 aromatic rings. The molecule has 0 aliphatic carbocycles. The Morgan fingerprint density at radius 3 is 2.83 bits per heavy atom. The van der Waals surface area contributed by atoms with Crippen LogP contribution in [-0.4, -0.2) is 29.8 Å². The zero-order chi connectivity index (χ0) is 13.2. The average Bonchev–Trinajstić information content (AvgIpc) is 2.80. The fourth-order valence-corrected chi connectivity index (χ4v) is 2.19. The summed E-state index contributed by atoms with van der Waals surface area (Å²) in [6, 6.07) is 7.72. The van der Waals surface area contributed by atoms with E-state index in [4.69, 9.17) is 4.74 Å². The van der Waals surface area contributed by atoms with Gasteiger partial charge in [0.1, 0.15) is 0 Å². The van der Waals surface area contributed by atoms with Gasteiger partial charge in [-0.15, -0.1) is 0 Å². The van der Waals surface area contributed by atoms with Crippen molar-refractivity contribution in [2.45, 2.75) is 18.8 Å². The van der Waals surface area contributed by atoms with Crippen molar-refractivity contribution in [2.75, 3.05) is 13.7 Å². The van der Waals surface area contributed by atoms with E-state index in [-0.39, 0.29) is 0 Å². The number of ether oxygens (including phenoxy) is 1. The Morgan fingerprint density at radius 1 is 1.44 bits per heavy atom. The molecule has 2 N–H and O–H groups in total. The molecule has 0 fully saturated rings. The van der Waals surface area contributed by atoms with Crippen LogP contribution < -0.4 is 0 Å². The molecule has 0 bridgehead atoms. The number of hydrogen-bond donors (Lipinski definition) is 2. The van der Waals surface area contributed by atoms with Crippen LogP contribution in [0.5, 0.6) is 0 Å². The molecule has 0 saturated heterocycles. The maximum absolute atomic E-state index is 11.6. The highest BCUT2D eigenvalue weighted by molar-refractivity contribution is 5.91. The lowest BCUT2D eigenvalue weighted by atomic mass is 9.79. The zero-order valence-electron chi connectivity index (χ0n) is 10.6. The van der Waals surface area contributed by atoms with Crippen LogP contribution in [0.3, 0.4) is 0 Å². The van der Waals surface area contributed by atoms with E-state index in [1.165, 1.54) is 0 Å². The Morgan fingerprint density at radius 2 is 2.17 bits per heavy atom. The van der Waals surface area contributed by atoms with E-state index in [0.717, 1.165) is 16.5 Å². The number of rotatable bonds is 5. The summed E-state index contributed by atoms with van der Waals surface area (Å²) in [4.78, 5) is 14.7. The van der Waals surface area contributed by atoms with Crippen molar-refractivity contribution < 1.29 is 14.6 Å². The van der Waals surface area contributed by atoms with Crippen molar-refractivity contribution in [1.29, 1.82) is 0 Å². The van der Waals surface area contributed by atoms with Crippen molar-refractivity contribution >= 4 is 16.9 Å². The Balaban J connectivity index is 2.51. The zero-order valence-corrected chi connectivity index (χ0v) is 10.6. The van der Waals surface area contributed by atoms with Gasteiger partial charge in [0.2, 0.25) is 0 Å². The van der Waals surface area contributed by atoms with Gasteiger partial charge >= 0.3 is 5.97 Å². The standard InChI is InChI=1S/C14H17NO3/c1-14(13(16)17,7-8-18-2)11-9-15-12-6-4-3-5-10(11)12/h3-6,9,15H,7-8H2,1-2H3,(H,16,17). The summed E-state index contributed by atoms with van der Waals surface area (Å²) in [5.41, 5.74) is 0.829. The Labute approximate surface area is 106 Å². The molecule has 0 radical (unpaired) electrons. The number of benzene rings is 1. The molecule has 0 saturated carbocycles. The molecule has 1 aromatic heterocycles. The molecule has 18 heavy (non-hydrogen) atoms. The van der Waals surface area contributed by atoms with Crippen LogP contribution in [0.2, 0.25) is 0 Å². The highest BCUT2D eigenvalue weighted by Gasteiger charge is 2.36. The predicted molar refractivity (Wildman–Crippen MR) is 69.8 cm³/mol. The molecule has 0 amide bonds. The fourth-order valence-electron chi connectivity index (χ4n) is 2.19. The van der Waals surface area contributed by atoms with Gasteiger partial charge in [0.25, 0.3) is 0 Å². The topological polar surface area (TPSA) is 62.3 Å². The molecule has 1 heterocycles. The van der Waals surface area contributed by atoms with E-state index in [1.54, 1.807) is 20.2 Å². The SMILES string of the molecule is COCCC(C)(C(=O)O)c1c[nH]c2ccccc12. The number of fused-ring (bicyclic) bond motifs is 1. The summed E-state index contributed by atoms with van der Waals surface area (Å²) in [5.74, 6) is -0.829. The fraction of sp³-hybridized carbons (Fsp3) is 0.357. The van der Waals surface area contributed by atoms with Crippen LogP contribution in [-0.2, 0) is 14.9 Å². The second-order valence-electron chi connectivity index (χ2n) is 4.63. The van der Waals surface area contributed by atoms with Crippen LogP contribution in [0.1, 0.15) is 18.9 Å². The minimum absolute atomic E-state index is 0.419. The number of aromatic nitrogens is 1. The van der Waals surface area contributed by atoms with Crippen LogP contribution in [0, 0.1) is 0 Å². The van der Waals surface area contributed by atoms with E-state index >= 15 is 0 Å². The van der Waals surface area contributed by atoms with Gasteiger partial charge in [-0.05, 0) is 25.0 Å². The number of carboxylic acids is 1. The summed E-state index contributed by atoms with van der Waals surface area (Å²) in [6.45, 7) is 2.16. The average molecular weight is 247 g/mol. The molecule has 96 valence electrons. The van der Waals surface area contributed by atoms with E-state index < -0.39 is 11.4 Å². The van der Waals surface area contributed by atoms with Gasteiger partial charge in [0.05, 0.1) is 5.41 Å². The number of methoxy groups -OCH3 is 1. The molecule has 4 heteroatoms. The predicted octanol–water partition coefficient (Wildman–Crippen LogP) is 2.55. The Kier molecular flexibility index (Phi) is 3.39. The first-order valence-electron chi connectivity index (χ1n) is 5.88. The number of para-hydroxylation sites is 1. The summed E-state index contributed by atoms with van der Waals surface area (Å²) >= 11 is 0. The highest BCUT2D eigenvalue weighted by Crippen LogP contribution is 2.33. The first-order valence-corrected chi connectivity index (χ1v) is 5.88. The molecular formula is C14H17NO3. The van der Waals surface area contributed by atoms with Crippen molar-refractivity contribution in [3.05, 3.63) is 36.0 Å². The van der Waals surface area contributed by atoms with E-state index in [1.807, 2.05) is 24.3 Å². The molecule has 0 aliphatic heterocycles. The van der Waals surface area contributed by atoms with Crippen molar-refractivity contribution in [1.82, 2.24) is 4.98 Å². The minimum atomic E-state index is -0.935. The number of aromatic amines is 1. The van der Waals surface area contributed by atoms with Crippen LogP contribution >= 0.6 is 0 Å². The molecule has 4 nitrogen and oxygen atoms in total. The first kappa shape index (κ1) is 12.6. The van der Waals surface area contributed by atoms with Gasteiger partial charge in [-0.25, -0.2) is 0 Å². The molecule has 1 aromatic carbocycles. The second-order valence-corrected chi connectivity index (χ2v) is 4.63. The number of carbonyl (C=O) groups is 1. The third kappa shape index (κ3) is 1.99. The van der Waals surface area contributed by atoms with Gasteiger partial charge in [-0.2, -0.15) is 0 Å². The van der Waals surface area contributed by atoms with Gasteiger partial charge in [-0.3, -0.25) is 4.79 Å². The Hall–Kier alpha value is -1.81. The third-order valence-corrected chi connectivity index (χ3v) is 3.46. The van der Waals surface area contributed by atoms with E-state index in [0.29, 0.717) is 13.0 Å². The van der Waals surface area contributed by atoms with Crippen molar-refractivity contribution in [2.24, 2.45) is 0 Å². The smallest absolute Gasteiger partial charge is 0.314 e. The van der Waals surface area contributed by atoms with Gasteiger partial charge in [-0.1, -0.05) is 18.2 Å². The monoisotopic (exact) mass is 247 g/mol. The lowest BCUT2D eigenvalue weighted by molar-refractivity contribution is -0.143. The van der Waals surface area contributed by atoms with Crippen molar-refractivity contribution in [3.8, 4) is 0 Å². The summed E-state index contributed by atoms with van der Waals surface area (Å²) < 4.78 is 5.02. The number of carboxylic acid groups (broad SMARTS) is 1. The summed E-state index contributed by atoms with van der Waals surface area (Å²) in [5, 5.41) is 10.5. The van der Waals surface area contributed by atoms with Crippen molar-refractivity contribution in [3.63, 3.8) is 0 Å². The van der Waals surface area contributed by atoms with E-state index in [2.05, 4.69) is 4.98 Å². The van der Waals surface area contributed by atoms with Crippen LogP contribution in [0.4, 0.5) is 0 Å². The number of hydrogen-bond acceptors (Lipinski definition) is 2. The number of H-pyrrole nitrogens is 1. The molecule has 0 spiro atoms. The molecule has 2 rings (SSSR count). The van der Waals surface area contributed by atoms with Gasteiger partial charge in [0.15, 0.2) is 0 Å². The maximum atomic E-state index is 11.6. The number of aliphatic carboxylic acids is 1. The molecule has 1 unspecified atom stereocenters. The highest BCUT2D eigenvalue weighted by atomic mass is 16.5. The third-order valence-electron chi connectivity index (χ3n) is 3.46. The summed E-state index contributed by atoms with van der Waals surface area (Å²) in [6.07, 6.45) is 2.23. The normalized spacial score (nSPS) is 14.6. The quantitative estimate of drug-likeness (QED) is 0.853. The van der Waals surface area contributed by atoms with Crippen LogP contribution in [0.25, 0.3) is 10.9 Å². The molecule has 1 atom stereocenters. The molecular weight excluding hydrogens is 230 g/mol. The largest absolute Gasteiger partial charge is 0.481 e. The summed E-state index contributed by atoms with van der Waals surface area (Å²) in [7, 11) is 1.58. The maximum Gasteiger partial charge on any atom is 0.314 e. The minimum Gasteiger partial charge on any atom is -0.481 e. The lowest BCUT2D eigenvalue weighted by Gasteiger charge is -2.24. The number of nitrogens with one attached hydrogen (secondary N) is 1.